The van der Waals surface area contributed by atoms with Gasteiger partial charge in [0.15, 0.2) is 0 Å². The second-order valence-corrected chi connectivity index (χ2v) is 9.13. The minimum Gasteiger partial charge on any atom is -0.490 e. The van der Waals surface area contributed by atoms with Crippen molar-refractivity contribution in [1.82, 2.24) is 14.8 Å². The lowest BCUT2D eigenvalue weighted by Crippen LogP contribution is -2.42. The number of amides is 1. The Labute approximate surface area is 184 Å². The molecule has 0 unspecified atom stereocenters. The second-order valence-electron chi connectivity index (χ2n) is 8.72. The van der Waals surface area contributed by atoms with Crippen LogP contribution < -0.4 is 4.74 Å². The maximum atomic E-state index is 12.5. The van der Waals surface area contributed by atoms with Gasteiger partial charge in [-0.15, -0.1) is 0 Å². The van der Waals surface area contributed by atoms with Crippen molar-refractivity contribution in [3.05, 3.63) is 58.4 Å². The molecule has 1 aromatic heterocycles. The van der Waals surface area contributed by atoms with E-state index in [9.17, 15) is 4.79 Å². The smallest absolute Gasteiger partial charge is 0.272 e. The molecule has 1 aliphatic heterocycles. The normalized spacial score (nSPS) is 21.3. The Morgan fingerprint density at radius 1 is 1.23 bits per heavy atom. The monoisotopic (exact) mass is 427 g/mol. The third kappa shape index (κ3) is 5.13. The quantitative estimate of drug-likeness (QED) is 0.649. The number of carbonyl (C=O) groups excluding carboxylic acids is 1. The van der Waals surface area contributed by atoms with Gasteiger partial charge < -0.3 is 9.64 Å². The van der Waals surface area contributed by atoms with Crippen LogP contribution in [-0.2, 0) is 6.54 Å². The summed E-state index contributed by atoms with van der Waals surface area (Å²) in [5.74, 6) is 1.26. The number of aromatic nitrogens is 1. The first-order chi connectivity index (χ1) is 14.5. The Bertz CT molecular complexity index is 875. The molecule has 0 atom stereocenters. The highest BCUT2D eigenvalue weighted by Gasteiger charge is 2.33. The van der Waals surface area contributed by atoms with Gasteiger partial charge in [-0.05, 0) is 80.9 Å². The molecule has 160 valence electrons. The number of halogens is 1. The number of benzene rings is 1. The molecular formula is C24H30ClN3O2. The van der Waals surface area contributed by atoms with E-state index in [1.807, 2.05) is 32.2 Å². The van der Waals surface area contributed by atoms with E-state index < -0.39 is 0 Å². The Morgan fingerprint density at radius 2 is 2.00 bits per heavy atom. The maximum absolute atomic E-state index is 12.5. The molecule has 2 heterocycles. The van der Waals surface area contributed by atoms with Gasteiger partial charge in [0.2, 0.25) is 0 Å². The number of likely N-dealkylation sites (tertiary alicyclic amines) is 1. The van der Waals surface area contributed by atoms with Crippen LogP contribution in [0, 0.1) is 12.8 Å². The van der Waals surface area contributed by atoms with Crippen molar-refractivity contribution in [3.8, 4) is 5.75 Å². The average molecular weight is 428 g/mol. The van der Waals surface area contributed by atoms with Gasteiger partial charge >= 0.3 is 0 Å². The number of hydrogen-bond acceptors (Lipinski definition) is 4. The van der Waals surface area contributed by atoms with Crippen LogP contribution in [0.4, 0.5) is 0 Å². The fourth-order valence-electron chi connectivity index (χ4n) is 4.28. The summed E-state index contributed by atoms with van der Waals surface area (Å²) >= 11 is 6.50. The fourth-order valence-corrected chi connectivity index (χ4v) is 4.51. The summed E-state index contributed by atoms with van der Waals surface area (Å²) in [5.41, 5.74) is 2.72. The highest BCUT2D eigenvalue weighted by molar-refractivity contribution is 6.31. The predicted molar refractivity (Wildman–Crippen MR) is 119 cm³/mol. The van der Waals surface area contributed by atoms with Gasteiger partial charge in [0.25, 0.3) is 5.91 Å². The van der Waals surface area contributed by atoms with Crippen LogP contribution in [0.15, 0.2) is 36.5 Å². The highest BCUT2D eigenvalue weighted by atomic mass is 35.5. The molecule has 4 rings (SSSR count). The van der Waals surface area contributed by atoms with Gasteiger partial charge in [0, 0.05) is 31.4 Å². The summed E-state index contributed by atoms with van der Waals surface area (Å²) in [6.07, 6.45) is 6.39. The minimum atomic E-state index is -0.0280. The number of rotatable bonds is 7. The van der Waals surface area contributed by atoms with E-state index in [2.05, 4.69) is 16.0 Å². The van der Waals surface area contributed by atoms with E-state index in [0.717, 1.165) is 55.4 Å². The number of ether oxygens (including phenoxy) is 1. The number of nitrogens with zero attached hydrogens (tertiary/aromatic N) is 3. The van der Waals surface area contributed by atoms with E-state index in [0.29, 0.717) is 11.6 Å². The number of pyridine rings is 1. The van der Waals surface area contributed by atoms with Crippen molar-refractivity contribution < 1.29 is 9.53 Å². The minimum absolute atomic E-state index is 0.0280. The Hall–Kier alpha value is -2.11. The van der Waals surface area contributed by atoms with Gasteiger partial charge in [0.1, 0.15) is 11.4 Å². The van der Waals surface area contributed by atoms with Gasteiger partial charge in [-0.2, -0.15) is 0 Å². The lowest BCUT2D eigenvalue weighted by Gasteiger charge is -2.37. The van der Waals surface area contributed by atoms with Crippen LogP contribution in [0.3, 0.4) is 0 Å². The average Bonchev–Trinajstić information content (AvgIpc) is 3.21. The molecule has 1 aromatic carbocycles. The third-order valence-electron chi connectivity index (χ3n) is 6.12. The summed E-state index contributed by atoms with van der Waals surface area (Å²) in [6.45, 7) is 5.93. The molecule has 5 nitrogen and oxygen atoms in total. The number of aryl methyl sites for hydroxylation is 1. The Morgan fingerprint density at radius 3 is 2.67 bits per heavy atom. The lowest BCUT2D eigenvalue weighted by atomic mass is 9.82. The zero-order chi connectivity index (χ0) is 21.1. The predicted octanol–water partition coefficient (Wildman–Crippen LogP) is 4.57. The highest BCUT2D eigenvalue weighted by Crippen LogP contribution is 2.33. The molecule has 2 aliphatic rings. The maximum Gasteiger partial charge on any atom is 0.272 e. The van der Waals surface area contributed by atoms with Crippen LogP contribution in [-0.4, -0.2) is 53.5 Å². The van der Waals surface area contributed by atoms with Crippen molar-refractivity contribution in [2.75, 3.05) is 26.7 Å². The summed E-state index contributed by atoms with van der Waals surface area (Å²) in [7, 11) is 1.84. The van der Waals surface area contributed by atoms with Crippen LogP contribution in [0.5, 0.6) is 5.75 Å². The van der Waals surface area contributed by atoms with Gasteiger partial charge in [0.05, 0.1) is 6.10 Å². The van der Waals surface area contributed by atoms with E-state index in [1.54, 1.807) is 17.2 Å². The number of hydrogen-bond donors (Lipinski definition) is 0. The standard InChI is InChI=1S/C24H30ClN3O2/c1-17-5-8-23(26-14-17)24(29)27(2)15-18-11-21(12-18)30-20-7-6-19(22(25)13-20)16-28-9-3-4-10-28/h5-8,13-14,18,21H,3-4,9-12,15-16H2,1-2H3. The van der Waals surface area contributed by atoms with Gasteiger partial charge in [-0.1, -0.05) is 23.7 Å². The zero-order valence-electron chi connectivity index (χ0n) is 17.8. The molecule has 2 fully saturated rings. The van der Waals surface area contributed by atoms with Crippen LogP contribution in [0.1, 0.15) is 47.3 Å². The van der Waals surface area contributed by atoms with Gasteiger partial charge in [-0.25, -0.2) is 0 Å². The van der Waals surface area contributed by atoms with Crippen molar-refractivity contribution in [3.63, 3.8) is 0 Å². The van der Waals surface area contributed by atoms with E-state index in [-0.39, 0.29) is 12.0 Å². The largest absolute Gasteiger partial charge is 0.490 e. The summed E-state index contributed by atoms with van der Waals surface area (Å²) in [6, 6.07) is 9.77. The molecule has 1 saturated carbocycles. The first-order valence-electron chi connectivity index (χ1n) is 10.8. The topological polar surface area (TPSA) is 45.7 Å². The summed E-state index contributed by atoms with van der Waals surface area (Å²) in [5, 5.41) is 0.784. The first-order valence-corrected chi connectivity index (χ1v) is 11.2. The molecule has 0 bridgehead atoms. The summed E-state index contributed by atoms with van der Waals surface area (Å²) < 4.78 is 6.11. The van der Waals surface area contributed by atoms with Gasteiger partial charge in [-0.3, -0.25) is 14.7 Å². The molecule has 6 heteroatoms. The molecule has 2 aromatic rings. The molecule has 1 saturated heterocycles. The van der Waals surface area contributed by atoms with Crippen molar-refractivity contribution in [2.45, 2.75) is 45.3 Å². The number of carbonyl (C=O) groups is 1. The lowest BCUT2D eigenvalue weighted by molar-refractivity contribution is 0.0417. The summed E-state index contributed by atoms with van der Waals surface area (Å²) in [4.78, 5) is 21.0. The molecule has 0 radical (unpaired) electrons. The first kappa shape index (κ1) is 21.1. The molecule has 0 N–H and O–H groups in total. The van der Waals surface area contributed by atoms with E-state index in [1.165, 1.54) is 18.4 Å². The van der Waals surface area contributed by atoms with Crippen LogP contribution in [0.25, 0.3) is 0 Å². The van der Waals surface area contributed by atoms with Crippen LogP contribution >= 0.6 is 11.6 Å². The van der Waals surface area contributed by atoms with Crippen molar-refractivity contribution in [2.24, 2.45) is 5.92 Å². The zero-order valence-corrected chi connectivity index (χ0v) is 18.6. The molecule has 30 heavy (non-hydrogen) atoms. The van der Waals surface area contributed by atoms with Crippen molar-refractivity contribution >= 4 is 17.5 Å². The SMILES string of the molecule is Cc1ccc(C(=O)N(C)CC2CC(Oc3ccc(CN4CCCC4)c(Cl)c3)C2)nc1. The Kier molecular flexibility index (Phi) is 6.59. The third-order valence-corrected chi connectivity index (χ3v) is 6.47. The Balaban J connectivity index is 1.23. The molecular weight excluding hydrogens is 398 g/mol. The molecule has 0 spiro atoms. The molecule has 1 amide bonds. The second kappa shape index (κ2) is 9.36. The van der Waals surface area contributed by atoms with E-state index >= 15 is 0 Å². The van der Waals surface area contributed by atoms with E-state index in [4.69, 9.17) is 16.3 Å². The fraction of sp³-hybridized carbons (Fsp3) is 0.500. The van der Waals surface area contributed by atoms with Crippen LogP contribution in [0.2, 0.25) is 5.02 Å². The van der Waals surface area contributed by atoms with Crippen molar-refractivity contribution in [1.29, 1.82) is 0 Å². The molecule has 1 aliphatic carbocycles.